The summed E-state index contributed by atoms with van der Waals surface area (Å²) in [6.45, 7) is 7.54. The van der Waals surface area contributed by atoms with Crippen LogP contribution in [0.1, 0.15) is 47.1 Å². The first-order chi connectivity index (χ1) is 14.1. The average molecular weight is 416 g/mol. The van der Waals surface area contributed by atoms with Crippen molar-refractivity contribution in [2.75, 3.05) is 40.3 Å². The molecule has 1 atom stereocenters. The molecule has 3 heterocycles. The van der Waals surface area contributed by atoms with Crippen LogP contribution in [0.5, 0.6) is 0 Å². The Morgan fingerprint density at radius 3 is 2.93 bits per heavy atom. The topological polar surface area (TPSA) is 44.6 Å². The van der Waals surface area contributed by atoms with Gasteiger partial charge in [0, 0.05) is 50.0 Å². The molecule has 0 unspecified atom stereocenters. The second-order valence-electron chi connectivity index (χ2n) is 8.48. The third-order valence-corrected chi connectivity index (χ3v) is 7.20. The Morgan fingerprint density at radius 1 is 1.31 bits per heavy atom. The first kappa shape index (κ1) is 20.6. The number of carbonyl (C=O) groups is 1. The molecule has 0 bridgehead atoms. The SMILES string of the molecule is CCn1nc(C(=O)N2CCCN(C)CC2)c2c1CC[C@@H](N(C)Cc1ccsc1)C2. The lowest BCUT2D eigenvalue weighted by Crippen LogP contribution is -2.38. The highest BCUT2D eigenvalue weighted by Gasteiger charge is 2.32. The van der Waals surface area contributed by atoms with Crippen LogP contribution in [0.4, 0.5) is 0 Å². The number of hydrogen-bond donors (Lipinski definition) is 0. The lowest BCUT2D eigenvalue weighted by atomic mass is 9.90. The molecule has 29 heavy (non-hydrogen) atoms. The summed E-state index contributed by atoms with van der Waals surface area (Å²) in [5, 5.41) is 9.17. The largest absolute Gasteiger partial charge is 0.336 e. The third-order valence-electron chi connectivity index (χ3n) is 6.46. The summed E-state index contributed by atoms with van der Waals surface area (Å²) in [7, 11) is 4.35. The molecule has 0 aromatic carbocycles. The number of thiophene rings is 1. The van der Waals surface area contributed by atoms with Crippen LogP contribution in [-0.2, 0) is 25.9 Å². The summed E-state index contributed by atoms with van der Waals surface area (Å²) in [6, 6.07) is 2.66. The van der Waals surface area contributed by atoms with Crippen LogP contribution < -0.4 is 0 Å². The lowest BCUT2D eigenvalue weighted by molar-refractivity contribution is 0.0754. The molecule has 1 saturated heterocycles. The van der Waals surface area contributed by atoms with Gasteiger partial charge in [-0.3, -0.25) is 14.4 Å². The summed E-state index contributed by atoms with van der Waals surface area (Å²) in [5.41, 5.74) is 4.56. The number of carbonyl (C=O) groups excluding carboxylic acids is 1. The van der Waals surface area contributed by atoms with E-state index in [-0.39, 0.29) is 5.91 Å². The molecule has 2 aromatic heterocycles. The molecular formula is C22H33N5OS. The van der Waals surface area contributed by atoms with E-state index >= 15 is 0 Å². The maximum atomic E-state index is 13.4. The van der Waals surface area contributed by atoms with Crippen molar-refractivity contribution in [1.82, 2.24) is 24.5 Å². The molecule has 2 aromatic rings. The van der Waals surface area contributed by atoms with Crippen LogP contribution in [0.3, 0.4) is 0 Å². The maximum Gasteiger partial charge on any atom is 0.274 e. The van der Waals surface area contributed by atoms with E-state index < -0.39 is 0 Å². The van der Waals surface area contributed by atoms with Crippen molar-refractivity contribution < 1.29 is 4.79 Å². The Labute approximate surface area is 178 Å². The number of likely N-dealkylation sites (N-methyl/N-ethyl adjacent to an activating group) is 2. The maximum absolute atomic E-state index is 13.4. The molecule has 2 aliphatic rings. The standard InChI is InChI=1S/C22H33N5OS/c1-4-27-20-7-6-18(25(3)15-17-8-13-29-16-17)14-19(20)21(23-27)22(28)26-10-5-9-24(2)11-12-26/h8,13,16,18H,4-7,9-12,14-15H2,1-3H3/t18-/m1/s1. The van der Waals surface area contributed by atoms with Gasteiger partial charge in [-0.1, -0.05) is 0 Å². The second kappa shape index (κ2) is 8.98. The zero-order valence-electron chi connectivity index (χ0n) is 17.9. The molecule has 0 N–H and O–H groups in total. The fourth-order valence-corrected chi connectivity index (χ4v) is 5.34. The first-order valence-corrected chi connectivity index (χ1v) is 11.8. The zero-order valence-corrected chi connectivity index (χ0v) is 18.7. The number of aromatic nitrogens is 2. The fourth-order valence-electron chi connectivity index (χ4n) is 4.68. The monoisotopic (exact) mass is 415 g/mol. The summed E-state index contributed by atoms with van der Waals surface area (Å²) in [6.07, 6.45) is 4.09. The van der Waals surface area contributed by atoms with Crippen LogP contribution in [0.25, 0.3) is 0 Å². The van der Waals surface area contributed by atoms with Crippen LogP contribution in [0.2, 0.25) is 0 Å². The van der Waals surface area contributed by atoms with Crippen LogP contribution in [0, 0.1) is 0 Å². The first-order valence-electron chi connectivity index (χ1n) is 10.8. The molecule has 4 rings (SSSR count). The summed E-state index contributed by atoms with van der Waals surface area (Å²) < 4.78 is 2.07. The Bertz CT molecular complexity index is 831. The Hall–Kier alpha value is -1.70. The van der Waals surface area contributed by atoms with Gasteiger partial charge in [-0.15, -0.1) is 0 Å². The van der Waals surface area contributed by atoms with Gasteiger partial charge < -0.3 is 9.80 Å². The normalized spacial score (nSPS) is 20.7. The molecular weight excluding hydrogens is 382 g/mol. The Kier molecular flexibility index (Phi) is 6.37. The molecule has 1 aliphatic heterocycles. The molecule has 0 spiro atoms. The zero-order chi connectivity index (χ0) is 20.4. The molecule has 6 nitrogen and oxygen atoms in total. The predicted octanol–water partition coefficient (Wildman–Crippen LogP) is 2.73. The molecule has 0 saturated carbocycles. The van der Waals surface area contributed by atoms with Gasteiger partial charge in [0.15, 0.2) is 5.69 Å². The number of hydrogen-bond acceptors (Lipinski definition) is 5. The van der Waals surface area contributed by atoms with Crippen molar-refractivity contribution in [1.29, 1.82) is 0 Å². The van der Waals surface area contributed by atoms with Gasteiger partial charge >= 0.3 is 0 Å². The summed E-state index contributed by atoms with van der Waals surface area (Å²) in [5.74, 6) is 0.130. The smallest absolute Gasteiger partial charge is 0.274 e. The predicted molar refractivity (Wildman–Crippen MR) is 118 cm³/mol. The van der Waals surface area contributed by atoms with Crippen LogP contribution in [0.15, 0.2) is 16.8 Å². The third kappa shape index (κ3) is 4.42. The number of amides is 1. The number of rotatable bonds is 5. The second-order valence-corrected chi connectivity index (χ2v) is 9.26. The molecule has 1 amide bonds. The quantitative estimate of drug-likeness (QED) is 0.753. The molecule has 1 aliphatic carbocycles. The van der Waals surface area contributed by atoms with Gasteiger partial charge in [0.1, 0.15) is 0 Å². The highest BCUT2D eigenvalue weighted by molar-refractivity contribution is 7.07. The molecule has 1 fully saturated rings. The molecule has 7 heteroatoms. The highest BCUT2D eigenvalue weighted by Crippen LogP contribution is 2.29. The van der Waals surface area contributed by atoms with Crippen molar-refractivity contribution in [3.63, 3.8) is 0 Å². The van der Waals surface area contributed by atoms with E-state index in [1.54, 1.807) is 11.3 Å². The lowest BCUT2D eigenvalue weighted by Gasteiger charge is -2.31. The van der Waals surface area contributed by atoms with Crippen molar-refractivity contribution in [3.05, 3.63) is 39.3 Å². The minimum Gasteiger partial charge on any atom is -0.336 e. The van der Waals surface area contributed by atoms with Crippen molar-refractivity contribution >= 4 is 17.2 Å². The van der Waals surface area contributed by atoms with E-state index in [1.807, 2.05) is 4.90 Å². The van der Waals surface area contributed by atoms with Crippen molar-refractivity contribution in [2.45, 2.75) is 51.7 Å². The van der Waals surface area contributed by atoms with Gasteiger partial charge in [-0.2, -0.15) is 16.4 Å². The van der Waals surface area contributed by atoms with Gasteiger partial charge in [-0.25, -0.2) is 0 Å². The van der Waals surface area contributed by atoms with Crippen molar-refractivity contribution in [2.24, 2.45) is 0 Å². The van der Waals surface area contributed by atoms with E-state index in [1.165, 1.54) is 16.8 Å². The summed E-state index contributed by atoms with van der Waals surface area (Å²) >= 11 is 1.75. The summed E-state index contributed by atoms with van der Waals surface area (Å²) in [4.78, 5) is 20.2. The van der Waals surface area contributed by atoms with E-state index in [0.29, 0.717) is 11.7 Å². The van der Waals surface area contributed by atoms with E-state index in [0.717, 1.165) is 65.0 Å². The van der Waals surface area contributed by atoms with Gasteiger partial charge in [-0.05, 0) is 75.6 Å². The van der Waals surface area contributed by atoms with E-state index in [9.17, 15) is 4.79 Å². The fraction of sp³-hybridized carbons (Fsp3) is 0.636. The number of fused-ring (bicyclic) bond motifs is 1. The molecule has 158 valence electrons. The van der Waals surface area contributed by atoms with Gasteiger partial charge in [0.05, 0.1) is 0 Å². The van der Waals surface area contributed by atoms with E-state index in [4.69, 9.17) is 5.10 Å². The number of aryl methyl sites for hydroxylation is 1. The van der Waals surface area contributed by atoms with Gasteiger partial charge in [0.2, 0.25) is 0 Å². The van der Waals surface area contributed by atoms with E-state index in [2.05, 4.69) is 52.3 Å². The van der Waals surface area contributed by atoms with Crippen LogP contribution in [-0.4, -0.2) is 76.7 Å². The Balaban J connectivity index is 1.54. The van der Waals surface area contributed by atoms with Gasteiger partial charge in [0.25, 0.3) is 5.91 Å². The minimum absolute atomic E-state index is 0.130. The highest BCUT2D eigenvalue weighted by atomic mass is 32.1. The number of nitrogens with zero attached hydrogens (tertiary/aromatic N) is 5. The Morgan fingerprint density at radius 2 is 2.17 bits per heavy atom. The molecule has 0 radical (unpaired) electrons. The minimum atomic E-state index is 0.130. The van der Waals surface area contributed by atoms with Crippen LogP contribution >= 0.6 is 11.3 Å². The van der Waals surface area contributed by atoms with Crippen molar-refractivity contribution in [3.8, 4) is 0 Å². The average Bonchev–Trinajstić information content (AvgIpc) is 3.31.